The van der Waals surface area contributed by atoms with E-state index in [0.29, 0.717) is 50.1 Å². The normalized spacial score (nSPS) is 17.8. The molecule has 2 aromatic carbocycles. The van der Waals surface area contributed by atoms with Crippen LogP contribution < -0.4 is 15.8 Å². The van der Waals surface area contributed by atoms with E-state index in [1.165, 1.54) is 0 Å². The van der Waals surface area contributed by atoms with Crippen LogP contribution in [0.4, 0.5) is 0 Å². The van der Waals surface area contributed by atoms with E-state index < -0.39 is 17.2 Å². The van der Waals surface area contributed by atoms with Crippen LogP contribution in [0.25, 0.3) is 10.9 Å². The summed E-state index contributed by atoms with van der Waals surface area (Å²) in [6, 6.07) is 12.8. The fourth-order valence-corrected chi connectivity index (χ4v) is 5.31. The summed E-state index contributed by atoms with van der Waals surface area (Å²) in [7, 11) is 0. The van der Waals surface area contributed by atoms with Crippen molar-refractivity contribution in [1.29, 1.82) is 0 Å². The number of rotatable bonds is 5. The van der Waals surface area contributed by atoms with Gasteiger partial charge in [0.15, 0.2) is 5.78 Å². The summed E-state index contributed by atoms with van der Waals surface area (Å²) in [6.45, 7) is 6.09. The van der Waals surface area contributed by atoms with E-state index in [1.807, 2.05) is 55.6 Å². The maximum atomic E-state index is 13.7. The highest BCUT2D eigenvalue weighted by Crippen LogP contribution is 2.39. The maximum absolute atomic E-state index is 13.7. The number of H-pyrrole nitrogens is 1. The van der Waals surface area contributed by atoms with Crippen LogP contribution in [0.2, 0.25) is 0 Å². The number of aromatic amines is 1. The van der Waals surface area contributed by atoms with Gasteiger partial charge in [0.1, 0.15) is 17.4 Å². The number of ketones is 1. The van der Waals surface area contributed by atoms with Gasteiger partial charge in [-0.15, -0.1) is 0 Å². The molecule has 0 radical (unpaired) electrons. The van der Waals surface area contributed by atoms with Crippen LogP contribution in [0.1, 0.15) is 54.6 Å². The van der Waals surface area contributed by atoms with E-state index in [9.17, 15) is 14.4 Å². The molecular weight excluding hydrogens is 468 g/mol. The molecule has 1 atom stereocenters. The van der Waals surface area contributed by atoms with Crippen molar-refractivity contribution in [3.8, 4) is 5.75 Å². The average Bonchev–Trinajstić information content (AvgIpc) is 3.26. The number of nitrogens with one attached hydrogen (secondary N) is 2. The summed E-state index contributed by atoms with van der Waals surface area (Å²) in [5, 5.41) is 3.91. The molecule has 2 aliphatic heterocycles. The minimum Gasteiger partial charge on any atom is -0.486 e. The van der Waals surface area contributed by atoms with Gasteiger partial charge in [-0.05, 0) is 44.5 Å². The van der Waals surface area contributed by atoms with Crippen LogP contribution in [0, 0.1) is 6.92 Å². The number of piperidine rings is 1. The number of carbonyl (C=O) groups is 3. The fraction of sp³-hybridized carbons (Fsp3) is 0.414. The van der Waals surface area contributed by atoms with Crippen molar-refractivity contribution in [3.05, 3.63) is 65.4 Å². The molecule has 1 aromatic heterocycles. The van der Waals surface area contributed by atoms with E-state index in [-0.39, 0.29) is 17.6 Å². The largest absolute Gasteiger partial charge is 0.486 e. The van der Waals surface area contributed by atoms with E-state index in [2.05, 4.69) is 10.3 Å². The van der Waals surface area contributed by atoms with Crippen molar-refractivity contribution in [2.75, 3.05) is 13.1 Å². The molecule has 0 aliphatic carbocycles. The van der Waals surface area contributed by atoms with Crippen molar-refractivity contribution in [2.45, 2.75) is 63.6 Å². The molecule has 194 valence electrons. The number of nitrogens with zero attached hydrogens (tertiary/aromatic N) is 1. The highest BCUT2D eigenvalue weighted by atomic mass is 16.5. The van der Waals surface area contributed by atoms with Crippen LogP contribution in [0.15, 0.2) is 48.7 Å². The Labute approximate surface area is 216 Å². The second-order valence-electron chi connectivity index (χ2n) is 11.0. The van der Waals surface area contributed by atoms with Crippen LogP contribution in [0.5, 0.6) is 5.75 Å². The zero-order valence-corrected chi connectivity index (χ0v) is 21.6. The van der Waals surface area contributed by atoms with Gasteiger partial charge in [-0.1, -0.05) is 29.8 Å². The number of aromatic nitrogens is 1. The number of benzene rings is 2. The van der Waals surface area contributed by atoms with E-state index in [4.69, 9.17) is 10.5 Å². The SMILES string of the molecule is Cc1ccc2c(c1)C(=O)CC1(CCN(C(=O)[C@@H](Cc3c[nH]c4ccccc34)NC(=O)C(C)(C)N)CC1)O2. The Morgan fingerprint density at radius 2 is 1.92 bits per heavy atom. The standard InChI is InChI=1S/C29H34N4O4/c1-18-8-9-25-21(14-18)24(34)16-29(37-25)10-12-33(13-11-29)26(35)23(32-27(36)28(2,3)30)15-19-17-31-22-7-5-4-6-20(19)22/h4-9,14,17,23,31H,10-13,15-16,30H2,1-3H3,(H,32,36)/t23-/m1/s1. The smallest absolute Gasteiger partial charge is 0.245 e. The third kappa shape index (κ3) is 4.98. The number of fused-ring (bicyclic) bond motifs is 2. The maximum Gasteiger partial charge on any atom is 0.245 e. The molecule has 8 heteroatoms. The Morgan fingerprint density at radius 1 is 1.19 bits per heavy atom. The first kappa shape index (κ1) is 25.0. The lowest BCUT2D eigenvalue weighted by Crippen LogP contribution is -2.59. The molecule has 37 heavy (non-hydrogen) atoms. The van der Waals surface area contributed by atoms with E-state index >= 15 is 0 Å². The second kappa shape index (κ2) is 9.34. The second-order valence-corrected chi connectivity index (χ2v) is 11.0. The number of hydrogen-bond acceptors (Lipinski definition) is 5. The molecule has 2 amide bonds. The molecule has 1 saturated heterocycles. The Kier molecular flexibility index (Phi) is 6.31. The van der Waals surface area contributed by atoms with Gasteiger partial charge in [0.05, 0.1) is 17.5 Å². The predicted molar refractivity (Wildman–Crippen MR) is 141 cm³/mol. The lowest BCUT2D eigenvalue weighted by molar-refractivity contribution is -0.140. The van der Waals surface area contributed by atoms with Crippen LogP contribution in [-0.2, 0) is 16.0 Å². The first-order chi connectivity index (χ1) is 17.5. The van der Waals surface area contributed by atoms with Gasteiger partial charge in [-0.3, -0.25) is 14.4 Å². The number of likely N-dealkylation sites (tertiary alicyclic amines) is 1. The van der Waals surface area contributed by atoms with Gasteiger partial charge in [-0.2, -0.15) is 0 Å². The van der Waals surface area contributed by atoms with Gasteiger partial charge in [-0.25, -0.2) is 0 Å². The monoisotopic (exact) mass is 502 g/mol. The third-order valence-corrected chi connectivity index (χ3v) is 7.52. The minimum absolute atomic E-state index is 0.0828. The fourth-order valence-electron chi connectivity index (χ4n) is 5.31. The topological polar surface area (TPSA) is 118 Å². The number of carbonyl (C=O) groups excluding carboxylic acids is 3. The summed E-state index contributed by atoms with van der Waals surface area (Å²) in [5.74, 6) is 0.166. The van der Waals surface area contributed by atoms with Crippen LogP contribution >= 0.6 is 0 Å². The van der Waals surface area contributed by atoms with Crippen molar-refractivity contribution in [1.82, 2.24) is 15.2 Å². The van der Waals surface area contributed by atoms with Crippen molar-refractivity contribution >= 4 is 28.5 Å². The molecule has 4 N–H and O–H groups in total. The zero-order chi connectivity index (χ0) is 26.4. The van der Waals surface area contributed by atoms with Gasteiger partial charge < -0.3 is 25.7 Å². The summed E-state index contributed by atoms with van der Waals surface area (Å²) < 4.78 is 6.37. The van der Waals surface area contributed by atoms with Gasteiger partial charge in [0, 0.05) is 49.5 Å². The third-order valence-electron chi connectivity index (χ3n) is 7.52. The average molecular weight is 503 g/mol. The lowest BCUT2D eigenvalue weighted by Gasteiger charge is -2.44. The van der Waals surface area contributed by atoms with Crippen LogP contribution in [0.3, 0.4) is 0 Å². The molecule has 5 rings (SSSR count). The van der Waals surface area contributed by atoms with Crippen LogP contribution in [-0.4, -0.2) is 57.8 Å². The summed E-state index contributed by atoms with van der Waals surface area (Å²) in [4.78, 5) is 44.5. The Balaban J connectivity index is 1.33. The lowest BCUT2D eigenvalue weighted by atomic mass is 9.82. The Bertz CT molecular complexity index is 1360. The molecule has 3 aromatic rings. The molecule has 1 fully saturated rings. The molecule has 1 spiro atoms. The predicted octanol–water partition coefficient (Wildman–Crippen LogP) is 3.27. The van der Waals surface area contributed by atoms with Gasteiger partial charge in [0.25, 0.3) is 0 Å². The van der Waals surface area contributed by atoms with E-state index in [1.54, 1.807) is 18.7 Å². The Morgan fingerprint density at radius 3 is 2.65 bits per heavy atom. The number of Topliss-reactive ketones (excluding diaryl/α,β-unsaturated/α-hetero) is 1. The van der Waals surface area contributed by atoms with Crippen molar-refractivity contribution in [3.63, 3.8) is 0 Å². The molecule has 0 saturated carbocycles. The summed E-state index contributed by atoms with van der Waals surface area (Å²) in [5.41, 5.74) is 7.89. The van der Waals surface area contributed by atoms with Crippen molar-refractivity contribution < 1.29 is 19.1 Å². The molecular formula is C29H34N4O4. The number of para-hydroxylation sites is 1. The van der Waals surface area contributed by atoms with Crippen molar-refractivity contribution in [2.24, 2.45) is 5.73 Å². The highest BCUT2D eigenvalue weighted by molar-refractivity contribution is 6.00. The molecule has 3 heterocycles. The number of aryl methyl sites for hydroxylation is 1. The molecule has 2 aliphatic rings. The van der Waals surface area contributed by atoms with Gasteiger partial charge >= 0.3 is 0 Å². The number of hydrogen-bond donors (Lipinski definition) is 3. The van der Waals surface area contributed by atoms with E-state index in [0.717, 1.165) is 22.0 Å². The Hall–Kier alpha value is -3.65. The summed E-state index contributed by atoms with van der Waals surface area (Å²) in [6.07, 6.45) is 3.63. The number of ether oxygens (including phenoxy) is 1. The first-order valence-corrected chi connectivity index (χ1v) is 12.8. The zero-order valence-electron chi connectivity index (χ0n) is 21.6. The number of nitrogens with two attached hydrogens (primary N) is 1. The molecule has 0 unspecified atom stereocenters. The molecule has 8 nitrogen and oxygen atoms in total. The first-order valence-electron chi connectivity index (χ1n) is 12.8. The van der Waals surface area contributed by atoms with Gasteiger partial charge in [0.2, 0.25) is 11.8 Å². The highest BCUT2D eigenvalue weighted by Gasteiger charge is 2.44. The molecule has 0 bridgehead atoms. The quantitative estimate of drug-likeness (QED) is 0.495. The minimum atomic E-state index is -1.12. The number of amides is 2. The summed E-state index contributed by atoms with van der Waals surface area (Å²) >= 11 is 0.